The van der Waals surface area contributed by atoms with Crippen molar-refractivity contribution in [2.24, 2.45) is 0 Å². The van der Waals surface area contributed by atoms with Crippen molar-refractivity contribution in [3.8, 4) is 0 Å². The third-order valence-corrected chi connectivity index (χ3v) is 4.76. The lowest BCUT2D eigenvalue weighted by Gasteiger charge is -2.05. The zero-order valence-electron chi connectivity index (χ0n) is 11.8. The molecule has 1 aromatic heterocycles. The minimum absolute atomic E-state index is 0.0100. The van der Waals surface area contributed by atoms with Gasteiger partial charge in [-0.25, -0.2) is 4.79 Å². The van der Waals surface area contributed by atoms with Gasteiger partial charge in [0.15, 0.2) is 0 Å². The fourth-order valence-corrected chi connectivity index (χ4v) is 3.18. The van der Waals surface area contributed by atoms with Crippen LogP contribution in [0.4, 0.5) is 0 Å². The quantitative estimate of drug-likeness (QED) is 0.705. The minimum Gasteiger partial charge on any atom is -0.478 e. The first-order valence-corrected chi connectivity index (χ1v) is 8.06. The molecule has 0 saturated carbocycles. The number of benzene rings is 2. The van der Waals surface area contributed by atoms with Gasteiger partial charge in [0.1, 0.15) is 11.2 Å². The Morgan fingerprint density at radius 3 is 2.39 bits per heavy atom. The Morgan fingerprint density at radius 2 is 1.74 bits per heavy atom. The molecule has 2 N–H and O–H groups in total. The Labute approximate surface area is 132 Å². The first kappa shape index (κ1) is 15.4. The Morgan fingerprint density at radius 1 is 1.09 bits per heavy atom. The van der Waals surface area contributed by atoms with Crippen LogP contribution in [0.3, 0.4) is 0 Å². The second-order valence-corrected chi connectivity index (χ2v) is 6.45. The molecule has 0 saturated heterocycles. The van der Waals surface area contributed by atoms with E-state index in [0.29, 0.717) is 10.5 Å². The van der Waals surface area contributed by atoms with Gasteiger partial charge in [-0.3, -0.25) is 9.00 Å². The van der Waals surface area contributed by atoms with Crippen LogP contribution >= 0.6 is 0 Å². The summed E-state index contributed by atoms with van der Waals surface area (Å²) in [7, 11) is -1.42. The van der Waals surface area contributed by atoms with E-state index in [1.807, 2.05) is 0 Å². The molecule has 23 heavy (non-hydrogen) atoms. The van der Waals surface area contributed by atoms with E-state index in [1.54, 1.807) is 12.1 Å². The van der Waals surface area contributed by atoms with Crippen molar-refractivity contribution in [3.63, 3.8) is 0 Å². The minimum atomic E-state index is -1.42. The van der Waals surface area contributed by atoms with Crippen molar-refractivity contribution in [1.82, 2.24) is 0 Å². The van der Waals surface area contributed by atoms with Gasteiger partial charge in [-0.2, -0.15) is 0 Å². The fourth-order valence-electron chi connectivity index (χ4n) is 2.31. The maximum atomic E-state index is 12.6. The molecule has 118 valence electrons. The fraction of sp³-hybridized carbons (Fsp3) is 0.125. The van der Waals surface area contributed by atoms with Crippen LogP contribution in [-0.2, 0) is 10.8 Å². The van der Waals surface area contributed by atoms with Gasteiger partial charge in [-0.15, -0.1) is 0 Å². The SMILES string of the molecule is O=C(O)c1ccc2oc3ccc([S@@](=O)CCO)cc3c(=O)c2c1. The Kier molecular flexibility index (Phi) is 3.97. The van der Waals surface area contributed by atoms with Crippen molar-refractivity contribution in [2.75, 3.05) is 12.4 Å². The van der Waals surface area contributed by atoms with Crippen LogP contribution in [0.15, 0.2) is 50.5 Å². The molecule has 0 aliphatic rings. The second kappa shape index (κ2) is 5.94. The number of rotatable bonds is 4. The lowest BCUT2D eigenvalue weighted by Crippen LogP contribution is -2.06. The summed E-state index contributed by atoms with van der Waals surface area (Å²) in [6.07, 6.45) is 0. The number of fused-ring (bicyclic) bond motifs is 2. The van der Waals surface area contributed by atoms with E-state index < -0.39 is 16.8 Å². The normalized spacial score (nSPS) is 12.6. The summed E-state index contributed by atoms with van der Waals surface area (Å²) in [6, 6.07) is 8.65. The van der Waals surface area contributed by atoms with Crippen LogP contribution < -0.4 is 5.43 Å². The van der Waals surface area contributed by atoms with Crippen LogP contribution in [0.2, 0.25) is 0 Å². The zero-order valence-corrected chi connectivity index (χ0v) is 12.6. The summed E-state index contributed by atoms with van der Waals surface area (Å²) in [5.41, 5.74) is 0.225. The largest absolute Gasteiger partial charge is 0.478 e. The van der Waals surface area contributed by atoms with Crippen molar-refractivity contribution in [3.05, 3.63) is 52.2 Å². The highest BCUT2D eigenvalue weighted by Crippen LogP contribution is 2.22. The van der Waals surface area contributed by atoms with E-state index in [1.165, 1.54) is 24.3 Å². The van der Waals surface area contributed by atoms with E-state index in [4.69, 9.17) is 14.6 Å². The van der Waals surface area contributed by atoms with Crippen molar-refractivity contribution >= 4 is 38.7 Å². The topological polar surface area (TPSA) is 105 Å². The molecule has 0 amide bonds. The molecule has 3 rings (SSSR count). The molecule has 7 heteroatoms. The predicted molar refractivity (Wildman–Crippen MR) is 85.3 cm³/mol. The molecular formula is C16H12O6S. The lowest BCUT2D eigenvalue weighted by atomic mass is 10.1. The summed E-state index contributed by atoms with van der Waals surface area (Å²) in [4.78, 5) is 24.0. The van der Waals surface area contributed by atoms with Crippen molar-refractivity contribution < 1.29 is 23.6 Å². The summed E-state index contributed by atoms with van der Waals surface area (Å²) >= 11 is 0. The second-order valence-electron chi connectivity index (χ2n) is 4.88. The summed E-state index contributed by atoms with van der Waals surface area (Å²) in [6.45, 7) is -0.223. The summed E-state index contributed by atoms with van der Waals surface area (Å²) in [5, 5.41) is 18.3. The van der Waals surface area contributed by atoms with E-state index in [2.05, 4.69) is 0 Å². The van der Waals surface area contributed by atoms with Crippen LogP contribution in [0.1, 0.15) is 10.4 Å². The standard InChI is InChI=1S/C16H12O6S/c17-5-6-23(21)10-2-4-14-12(8-10)15(18)11-7-9(16(19)20)1-3-13(11)22-14/h1-4,7-8,17H,5-6H2,(H,19,20)/t23-/m0/s1. The highest BCUT2D eigenvalue weighted by Gasteiger charge is 2.13. The van der Waals surface area contributed by atoms with Gasteiger partial charge in [0, 0.05) is 4.90 Å². The number of aliphatic hydroxyl groups excluding tert-OH is 1. The van der Waals surface area contributed by atoms with E-state index in [9.17, 15) is 13.8 Å². The molecule has 1 atom stereocenters. The number of carboxylic acids is 1. The number of carbonyl (C=O) groups is 1. The van der Waals surface area contributed by atoms with Gasteiger partial charge < -0.3 is 14.6 Å². The van der Waals surface area contributed by atoms with Crippen LogP contribution in [0.25, 0.3) is 21.9 Å². The molecule has 1 heterocycles. The lowest BCUT2D eigenvalue weighted by molar-refractivity contribution is 0.0697. The molecule has 0 fully saturated rings. The first-order chi connectivity index (χ1) is 11.0. The van der Waals surface area contributed by atoms with Crippen LogP contribution in [0.5, 0.6) is 0 Å². The Bertz CT molecular complexity index is 1000. The van der Waals surface area contributed by atoms with E-state index in [-0.39, 0.29) is 39.7 Å². The molecular weight excluding hydrogens is 320 g/mol. The van der Waals surface area contributed by atoms with Gasteiger partial charge in [-0.05, 0) is 36.4 Å². The number of hydrogen-bond donors (Lipinski definition) is 2. The van der Waals surface area contributed by atoms with Crippen molar-refractivity contribution in [1.29, 1.82) is 0 Å². The molecule has 3 aromatic rings. The van der Waals surface area contributed by atoms with Crippen LogP contribution in [0, 0.1) is 0 Å². The number of aromatic carboxylic acids is 1. The molecule has 2 aromatic carbocycles. The number of carboxylic acid groups (broad SMARTS) is 1. The Hall–Kier alpha value is -2.51. The highest BCUT2D eigenvalue weighted by molar-refractivity contribution is 7.85. The van der Waals surface area contributed by atoms with Gasteiger partial charge in [0.25, 0.3) is 0 Å². The van der Waals surface area contributed by atoms with E-state index in [0.717, 1.165) is 0 Å². The van der Waals surface area contributed by atoms with E-state index >= 15 is 0 Å². The molecule has 0 radical (unpaired) electrons. The number of hydrogen-bond acceptors (Lipinski definition) is 5. The summed E-state index contributed by atoms with van der Waals surface area (Å²) in [5.74, 6) is -1.06. The number of aliphatic hydroxyl groups is 1. The average Bonchev–Trinajstić information content (AvgIpc) is 2.54. The first-order valence-electron chi connectivity index (χ1n) is 6.74. The highest BCUT2D eigenvalue weighted by atomic mass is 32.2. The summed E-state index contributed by atoms with van der Waals surface area (Å²) < 4.78 is 17.6. The van der Waals surface area contributed by atoms with Gasteiger partial charge >= 0.3 is 5.97 Å². The predicted octanol–water partition coefficient (Wildman–Crippen LogP) is 1.74. The Balaban J connectivity index is 2.28. The molecule has 0 spiro atoms. The average molecular weight is 332 g/mol. The van der Waals surface area contributed by atoms with Crippen molar-refractivity contribution in [2.45, 2.75) is 4.90 Å². The van der Waals surface area contributed by atoms with Gasteiger partial charge in [0.05, 0.1) is 39.5 Å². The zero-order chi connectivity index (χ0) is 16.6. The smallest absolute Gasteiger partial charge is 0.335 e. The third-order valence-electron chi connectivity index (χ3n) is 3.43. The van der Waals surface area contributed by atoms with Crippen LogP contribution in [-0.4, -0.2) is 32.8 Å². The van der Waals surface area contributed by atoms with Gasteiger partial charge in [0.2, 0.25) is 5.43 Å². The maximum Gasteiger partial charge on any atom is 0.335 e. The molecule has 0 aliphatic carbocycles. The maximum absolute atomic E-state index is 12.6. The monoisotopic (exact) mass is 332 g/mol. The molecule has 6 nitrogen and oxygen atoms in total. The molecule has 0 bridgehead atoms. The molecule has 0 aliphatic heterocycles. The van der Waals surface area contributed by atoms with Gasteiger partial charge in [-0.1, -0.05) is 0 Å². The third kappa shape index (κ3) is 2.76. The molecule has 0 unspecified atom stereocenters.